The van der Waals surface area contributed by atoms with Crippen LogP contribution in [0.15, 0.2) is 30.0 Å². The zero-order chi connectivity index (χ0) is 37.0. The number of thiol groups is 1. The van der Waals surface area contributed by atoms with Gasteiger partial charge in [-0.25, -0.2) is 29.6 Å². The fraction of sp³-hybridized carbons (Fsp3) is 0.630. The predicted molar refractivity (Wildman–Crippen MR) is 191 cm³/mol. The fourth-order valence-corrected chi connectivity index (χ4v) is 10.8. The van der Waals surface area contributed by atoms with E-state index >= 15 is 0 Å². The Bertz CT molecular complexity index is 2200. The van der Waals surface area contributed by atoms with E-state index in [-0.39, 0.29) is 29.6 Å². The number of fused-ring (bicyclic) bond motifs is 4. The van der Waals surface area contributed by atoms with Gasteiger partial charge in [0, 0.05) is 0 Å². The summed E-state index contributed by atoms with van der Waals surface area (Å²) in [5, 5.41) is 6.00. The number of H-pyrrole nitrogens is 1. The maximum atomic E-state index is 14.3. The SMILES string of the molecule is CC(C)(C)[Si](C)(C)O[C@H]1[C@H]2OP(=O)(S)OC[C@]34CO[C@@H]([C@H](n5cnc6c(N)ncnc65)O3)[C@@H]4OP(O)(=S)OC[C@H]1O[C@H]2n1cnc2c(=O)[nH]ncc21. The Labute approximate surface area is 307 Å². The first-order valence-electron chi connectivity index (χ1n) is 16.2. The lowest BCUT2D eigenvalue weighted by Crippen LogP contribution is -2.50. The summed E-state index contributed by atoms with van der Waals surface area (Å²) >= 11 is 9.97. The van der Waals surface area contributed by atoms with Crippen molar-refractivity contribution in [3.8, 4) is 0 Å². The third kappa shape index (κ3) is 6.21. The number of nitrogen functional groups attached to an aromatic ring is 1. The lowest BCUT2D eigenvalue weighted by atomic mass is 10.0. The molecule has 282 valence electrons. The summed E-state index contributed by atoms with van der Waals surface area (Å²) < 4.78 is 68.0. The number of ether oxygens (including phenoxy) is 3. The molecule has 4 N–H and O–H groups in total. The summed E-state index contributed by atoms with van der Waals surface area (Å²) in [5.74, 6) is 0.165. The Morgan fingerprint density at radius 1 is 1.10 bits per heavy atom. The Morgan fingerprint density at radius 3 is 2.62 bits per heavy atom. The number of nitrogens with zero attached hydrogens (tertiary/aromatic N) is 7. The van der Waals surface area contributed by atoms with Crippen molar-refractivity contribution in [3.05, 3.63) is 35.5 Å². The minimum atomic E-state index is -4.33. The van der Waals surface area contributed by atoms with Crippen molar-refractivity contribution in [2.24, 2.45) is 0 Å². The highest BCUT2D eigenvalue weighted by atomic mass is 32.7. The minimum absolute atomic E-state index is 0.0894. The van der Waals surface area contributed by atoms with Crippen LogP contribution >= 0.6 is 25.8 Å². The van der Waals surface area contributed by atoms with Crippen molar-refractivity contribution in [3.63, 3.8) is 0 Å². The molecule has 4 aliphatic heterocycles. The molecule has 0 amide bonds. The van der Waals surface area contributed by atoms with E-state index in [9.17, 15) is 14.3 Å². The number of anilines is 1. The smallest absolute Gasteiger partial charge is 0.386 e. The summed E-state index contributed by atoms with van der Waals surface area (Å²) in [4.78, 5) is 41.0. The van der Waals surface area contributed by atoms with E-state index in [1.54, 1.807) is 4.57 Å². The quantitative estimate of drug-likeness (QED) is 0.131. The van der Waals surface area contributed by atoms with Crippen molar-refractivity contribution in [1.29, 1.82) is 0 Å². The molecule has 8 rings (SSSR count). The molecule has 0 radical (unpaired) electrons. The van der Waals surface area contributed by atoms with Gasteiger partial charge in [-0.2, -0.15) is 5.10 Å². The van der Waals surface area contributed by atoms with E-state index in [1.165, 1.54) is 29.7 Å². The first-order valence-corrected chi connectivity index (χ1v) is 24.4. The zero-order valence-corrected chi connectivity index (χ0v) is 33.0. The van der Waals surface area contributed by atoms with E-state index in [1.807, 2.05) is 13.1 Å². The van der Waals surface area contributed by atoms with E-state index in [0.717, 1.165) is 0 Å². The zero-order valence-electron chi connectivity index (χ0n) is 28.5. The molecule has 4 fully saturated rings. The number of aromatic nitrogens is 8. The van der Waals surface area contributed by atoms with Gasteiger partial charge in [-0.05, 0) is 29.9 Å². The Balaban J connectivity index is 1.18. The van der Waals surface area contributed by atoms with E-state index in [2.05, 4.69) is 63.2 Å². The molecular weight excluding hydrogens is 781 g/mol. The molecule has 4 saturated heterocycles. The number of imidazole rings is 2. The van der Waals surface area contributed by atoms with Crippen LogP contribution in [0, 0.1) is 0 Å². The topological polar surface area (TPSA) is 244 Å². The van der Waals surface area contributed by atoms with E-state index in [0.29, 0.717) is 16.7 Å². The largest absolute Gasteiger partial charge is 0.408 e. The number of nitrogens with two attached hydrogens (primary N) is 1. The van der Waals surface area contributed by atoms with Crippen LogP contribution in [0.1, 0.15) is 33.2 Å². The average molecular weight is 818 g/mol. The van der Waals surface area contributed by atoms with Gasteiger partial charge in [0.25, 0.3) is 5.56 Å². The van der Waals surface area contributed by atoms with Gasteiger partial charge in [0.2, 0.25) is 0 Å². The van der Waals surface area contributed by atoms with Crippen LogP contribution in [0.25, 0.3) is 22.2 Å². The van der Waals surface area contributed by atoms with Gasteiger partial charge < -0.3 is 33.8 Å². The van der Waals surface area contributed by atoms with Crippen molar-refractivity contribution in [2.45, 2.75) is 87.5 Å². The monoisotopic (exact) mass is 817 g/mol. The molecule has 4 aliphatic rings. The second kappa shape index (κ2) is 12.7. The summed E-state index contributed by atoms with van der Waals surface area (Å²) in [6.45, 7) is 0.946. The van der Waals surface area contributed by atoms with Crippen molar-refractivity contribution in [1.82, 2.24) is 39.3 Å². The molecule has 52 heavy (non-hydrogen) atoms. The maximum Gasteiger partial charge on any atom is 0.386 e. The first-order chi connectivity index (χ1) is 24.4. The normalized spacial score (nSPS) is 37.2. The van der Waals surface area contributed by atoms with Crippen molar-refractivity contribution >= 4 is 73.9 Å². The highest BCUT2D eigenvalue weighted by Gasteiger charge is 2.66. The van der Waals surface area contributed by atoms with Crippen LogP contribution in [0.3, 0.4) is 0 Å². The van der Waals surface area contributed by atoms with Crippen LogP contribution in [-0.4, -0.2) is 108 Å². The number of rotatable bonds is 4. The minimum Gasteiger partial charge on any atom is -0.408 e. The van der Waals surface area contributed by atoms with Gasteiger partial charge in [0.15, 0.2) is 37.8 Å². The number of hydrogen-bond acceptors (Lipinski definition) is 17. The van der Waals surface area contributed by atoms with E-state index < -0.39 is 82.6 Å². The summed E-state index contributed by atoms with van der Waals surface area (Å²) in [7, 11) is -2.62. The molecule has 4 bridgehead atoms. The van der Waals surface area contributed by atoms with Gasteiger partial charge in [0.05, 0.1) is 44.2 Å². The van der Waals surface area contributed by atoms with Crippen LogP contribution in [0.4, 0.5) is 5.82 Å². The Hall–Kier alpha value is -2.21. The van der Waals surface area contributed by atoms with Crippen LogP contribution in [-0.2, 0) is 53.1 Å². The molecule has 4 aromatic heterocycles. The standard InChI is InChI=1S/C27H37N9O11P2S2Si/c1-26(2,3)52(4,5)47-17-14-7-41-48(38,50)46-20-19-25(36-12-32-16-21(28)29-10-30-22(16)36)44-27(20,8-40-19)9-42-49(39,51)45-18(17)24(43-14)35-11-31-15-13(35)6-33-34-23(15)37/h6,10-12,14,17-20,24-25H,7-9H2,1-5H3,(H,34,37)(H,38,50)(H,39,51)(H2,28,29,30)/t14-,17-,18-,19-,20+,24-,25-,27+,48?,49?/m1/s1. The molecule has 0 aliphatic carbocycles. The molecule has 4 aromatic rings. The van der Waals surface area contributed by atoms with Crippen LogP contribution in [0.2, 0.25) is 18.1 Å². The van der Waals surface area contributed by atoms with Crippen LogP contribution < -0.4 is 11.3 Å². The van der Waals surface area contributed by atoms with Crippen molar-refractivity contribution < 1.29 is 46.2 Å². The maximum absolute atomic E-state index is 14.3. The highest BCUT2D eigenvalue weighted by molar-refractivity contribution is 8.44. The lowest BCUT2D eigenvalue weighted by molar-refractivity contribution is -0.183. The molecular formula is C27H37N9O11P2S2Si. The van der Waals surface area contributed by atoms with E-state index in [4.69, 9.17) is 54.3 Å². The number of hydrogen-bond donors (Lipinski definition) is 4. The molecule has 0 spiro atoms. The fourth-order valence-electron chi connectivity index (χ4n) is 6.57. The highest BCUT2D eigenvalue weighted by Crippen LogP contribution is 2.61. The van der Waals surface area contributed by atoms with Gasteiger partial charge in [-0.15, -0.1) is 0 Å². The molecule has 10 atom stereocenters. The first kappa shape index (κ1) is 36.7. The molecule has 2 unspecified atom stereocenters. The van der Waals surface area contributed by atoms with Gasteiger partial charge in [-0.3, -0.25) is 27.5 Å². The molecule has 25 heteroatoms. The van der Waals surface area contributed by atoms with Gasteiger partial charge in [0.1, 0.15) is 48.0 Å². The predicted octanol–water partition coefficient (Wildman–Crippen LogP) is 2.57. The molecule has 8 heterocycles. The summed E-state index contributed by atoms with van der Waals surface area (Å²) in [6.07, 6.45) is -1.54. The summed E-state index contributed by atoms with van der Waals surface area (Å²) in [6, 6.07) is 0. The number of nitrogens with one attached hydrogen (secondary N) is 1. The third-order valence-electron chi connectivity index (χ3n) is 10.2. The van der Waals surface area contributed by atoms with Crippen molar-refractivity contribution in [2.75, 3.05) is 25.6 Å². The molecule has 0 aromatic carbocycles. The van der Waals surface area contributed by atoms with Crippen LogP contribution in [0.5, 0.6) is 0 Å². The summed E-state index contributed by atoms with van der Waals surface area (Å²) in [5.41, 5.74) is 5.11. The Morgan fingerprint density at radius 2 is 1.85 bits per heavy atom. The van der Waals surface area contributed by atoms with Gasteiger partial charge >= 0.3 is 13.5 Å². The van der Waals surface area contributed by atoms with Gasteiger partial charge in [-0.1, -0.05) is 33.0 Å². The molecule has 0 saturated carbocycles. The third-order valence-corrected chi connectivity index (χ3v) is 17.8. The Kier molecular flexibility index (Phi) is 8.95. The molecule has 20 nitrogen and oxygen atoms in total. The lowest BCUT2D eigenvalue weighted by Gasteiger charge is -2.40. The average Bonchev–Trinajstić information content (AvgIpc) is 3.87. The number of aromatic amines is 1. The second-order valence-corrected chi connectivity index (χ2v) is 24.9. The second-order valence-electron chi connectivity index (χ2n) is 14.5.